The van der Waals surface area contributed by atoms with Gasteiger partial charge in [0.1, 0.15) is 4.32 Å². The standard InChI is InChI=1S/C14H17NOS2.C13H13N/c1-11-5-7-12(8-6-11)4-2-3-9-15-13(16)10-18-14(15)17;1-2-5-12(6-3-1)8-9-13-7-4-10-14-11-13/h5-8H,2-4,9-10H2,1H3;1-7,10-11H,8-9H2. The number of benzene rings is 2. The van der Waals surface area contributed by atoms with Gasteiger partial charge in [-0.3, -0.25) is 14.7 Å². The van der Waals surface area contributed by atoms with E-state index in [0.717, 1.165) is 43.0 Å². The molecule has 0 atom stereocenters. The zero-order valence-electron chi connectivity index (χ0n) is 18.6. The fourth-order valence-corrected chi connectivity index (χ4v) is 4.55. The fraction of sp³-hybridized carbons (Fsp3) is 0.296. The van der Waals surface area contributed by atoms with Crippen LogP contribution in [0, 0.1) is 6.92 Å². The summed E-state index contributed by atoms with van der Waals surface area (Å²) < 4.78 is 0.746. The molecule has 4 rings (SSSR count). The third-order valence-electron chi connectivity index (χ3n) is 5.33. The van der Waals surface area contributed by atoms with E-state index >= 15 is 0 Å². The van der Waals surface area contributed by atoms with Gasteiger partial charge in [0, 0.05) is 18.9 Å². The molecule has 3 aromatic rings. The van der Waals surface area contributed by atoms with E-state index in [1.165, 1.54) is 34.0 Å². The van der Waals surface area contributed by atoms with E-state index in [1.807, 2.05) is 24.5 Å². The molecule has 1 aliphatic rings. The summed E-state index contributed by atoms with van der Waals surface area (Å²) >= 11 is 6.62. The van der Waals surface area contributed by atoms with E-state index in [4.69, 9.17) is 12.2 Å². The molecule has 2 aromatic carbocycles. The third kappa shape index (κ3) is 8.21. The first-order chi connectivity index (χ1) is 15.6. The van der Waals surface area contributed by atoms with Crippen molar-refractivity contribution in [2.75, 3.05) is 12.3 Å². The number of thiocarbonyl (C=S) groups is 1. The number of hydrogen-bond donors (Lipinski definition) is 0. The Morgan fingerprint density at radius 3 is 2.22 bits per heavy atom. The number of amides is 1. The highest BCUT2D eigenvalue weighted by molar-refractivity contribution is 8.23. The van der Waals surface area contributed by atoms with Crippen molar-refractivity contribution in [3.05, 3.63) is 101 Å². The number of carbonyl (C=O) groups is 1. The maximum atomic E-state index is 11.5. The molecule has 1 aliphatic heterocycles. The van der Waals surface area contributed by atoms with Gasteiger partial charge >= 0.3 is 0 Å². The lowest BCUT2D eigenvalue weighted by Gasteiger charge is -2.14. The number of rotatable bonds is 8. The van der Waals surface area contributed by atoms with E-state index in [9.17, 15) is 4.79 Å². The summed E-state index contributed by atoms with van der Waals surface area (Å²) in [6.07, 6.45) is 9.09. The van der Waals surface area contributed by atoms with Crippen molar-refractivity contribution in [3.8, 4) is 0 Å². The molecule has 166 valence electrons. The summed E-state index contributed by atoms with van der Waals surface area (Å²) in [6, 6.07) is 23.3. The van der Waals surface area contributed by atoms with Crippen molar-refractivity contribution in [2.24, 2.45) is 0 Å². The summed E-state index contributed by atoms with van der Waals surface area (Å²) in [5, 5.41) is 0. The number of nitrogens with zero attached hydrogens (tertiary/aromatic N) is 2. The van der Waals surface area contributed by atoms with Gasteiger partial charge in [0.15, 0.2) is 0 Å². The summed E-state index contributed by atoms with van der Waals surface area (Å²) in [7, 11) is 0. The van der Waals surface area contributed by atoms with Crippen LogP contribution in [0.2, 0.25) is 0 Å². The van der Waals surface area contributed by atoms with E-state index in [1.54, 1.807) is 4.90 Å². The highest BCUT2D eigenvalue weighted by Gasteiger charge is 2.25. The minimum atomic E-state index is 0.167. The molecular weight excluding hydrogens is 432 g/mol. The topological polar surface area (TPSA) is 33.2 Å². The van der Waals surface area contributed by atoms with Gasteiger partial charge in [0.25, 0.3) is 0 Å². The summed E-state index contributed by atoms with van der Waals surface area (Å²) in [5.74, 6) is 0.692. The molecule has 1 fully saturated rings. The van der Waals surface area contributed by atoms with Crippen molar-refractivity contribution in [3.63, 3.8) is 0 Å². The van der Waals surface area contributed by atoms with Crippen LogP contribution in [0.1, 0.15) is 35.1 Å². The second-order valence-corrected chi connectivity index (χ2v) is 9.50. The Morgan fingerprint density at radius 2 is 1.56 bits per heavy atom. The van der Waals surface area contributed by atoms with Crippen LogP contribution in [0.5, 0.6) is 0 Å². The van der Waals surface area contributed by atoms with Crippen LogP contribution in [0.3, 0.4) is 0 Å². The number of aromatic nitrogens is 1. The monoisotopic (exact) mass is 462 g/mol. The van der Waals surface area contributed by atoms with E-state index < -0.39 is 0 Å². The maximum Gasteiger partial charge on any atom is 0.238 e. The van der Waals surface area contributed by atoms with Crippen molar-refractivity contribution < 1.29 is 4.79 Å². The molecule has 0 bridgehead atoms. The Hall–Kier alpha value is -2.50. The first-order valence-corrected chi connectivity index (χ1v) is 12.5. The van der Waals surface area contributed by atoms with Crippen LogP contribution >= 0.6 is 24.0 Å². The number of carbonyl (C=O) groups excluding carboxylic acids is 1. The van der Waals surface area contributed by atoms with Crippen LogP contribution in [-0.2, 0) is 24.1 Å². The zero-order valence-corrected chi connectivity index (χ0v) is 20.2. The van der Waals surface area contributed by atoms with Gasteiger partial charge in [-0.25, -0.2) is 0 Å². The molecule has 1 aromatic heterocycles. The summed E-state index contributed by atoms with van der Waals surface area (Å²) in [5.41, 5.74) is 5.35. The van der Waals surface area contributed by atoms with Gasteiger partial charge in [-0.15, -0.1) is 0 Å². The lowest BCUT2D eigenvalue weighted by atomic mass is 10.1. The molecule has 0 unspecified atom stereocenters. The molecule has 1 amide bonds. The Kier molecular flexibility index (Phi) is 9.92. The number of pyridine rings is 1. The maximum absolute atomic E-state index is 11.5. The van der Waals surface area contributed by atoms with Gasteiger partial charge in [-0.2, -0.15) is 0 Å². The Balaban J connectivity index is 0.000000186. The van der Waals surface area contributed by atoms with Crippen molar-refractivity contribution in [2.45, 2.75) is 39.0 Å². The zero-order chi connectivity index (χ0) is 22.6. The second kappa shape index (κ2) is 13.1. The van der Waals surface area contributed by atoms with Crippen LogP contribution in [-0.4, -0.2) is 32.4 Å². The number of hydrogen-bond acceptors (Lipinski definition) is 4. The van der Waals surface area contributed by atoms with Crippen molar-refractivity contribution in [1.29, 1.82) is 0 Å². The Morgan fingerprint density at radius 1 is 0.875 bits per heavy atom. The quantitative estimate of drug-likeness (QED) is 0.302. The number of unbranched alkanes of at least 4 members (excludes halogenated alkanes) is 1. The highest BCUT2D eigenvalue weighted by atomic mass is 32.2. The van der Waals surface area contributed by atoms with Crippen LogP contribution in [0.4, 0.5) is 0 Å². The van der Waals surface area contributed by atoms with Gasteiger partial charge in [-0.1, -0.05) is 90.2 Å². The predicted molar refractivity (Wildman–Crippen MR) is 139 cm³/mol. The van der Waals surface area contributed by atoms with E-state index in [2.05, 4.69) is 66.5 Å². The van der Waals surface area contributed by atoms with Gasteiger partial charge in [-0.05, 0) is 61.8 Å². The van der Waals surface area contributed by atoms with E-state index in [-0.39, 0.29) is 5.91 Å². The minimum Gasteiger partial charge on any atom is -0.297 e. The predicted octanol–water partition coefficient (Wildman–Crippen LogP) is 6.04. The van der Waals surface area contributed by atoms with Crippen LogP contribution in [0.15, 0.2) is 79.1 Å². The first-order valence-electron chi connectivity index (χ1n) is 11.1. The normalized spacial score (nSPS) is 13.1. The molecule has 5 heteroatoms. The average Bonchev–Trinajstić information content (AvgIpc) is 3.15. The minimum absolute atomic E-state index is 0.167. The van der Waals surface area contributed by atoms with Crippen molar-refractivity contribution in [1.82, 2.24) is 9.88 Å². The fourth-order valence-electron chi connectivity index (χ4n) is 3.43. The molecule has 3 nitrogen and oxygen atoms in total. The Bertz CT molecular complexity index is 920. The second-order valence-electron chi connectivity index (χ2n) is 7.89. The summed E-state index contributed by atoms with van der Waals surface area (Å²) in [6.45, 7) is 2.87. The lowest BCUT2D eigenvalue weighted by Crippen LogP contribution is -2.29. The first kappa shape index (κ1) is 24.1. The molecular formula is C27H30N2OS2. The molecule has 0 saturated carbocycles. The van der Waals surface area contributed by atoms with E-state index in [0.29, 0.717) is 5.75 Å². The Labute approximate surface area is 201 Å². The molecule has 0 radical (unpaired) electrons. The van der Waals surface area contributed by atoms with Gasteiger partial charge < -0.3 is 0 Å². The molecule has 1 saturated heterocycles. The molecule has 2 heterocycles. The lowest BCUT2D eigenvalue weighted by molar-refractivity contribution is -0.124. The molecule has 0 aliphatic carbocycles. The molecule has 0 N–H and O–H groups in total. The largest absolute Gasteiger partial charge is 0.297 e. The van der Waals surface area contributed by atoms with Crippen LogP contribution < -0.4 is 0 Å². The smallest absolute Gasteiger partial charge is 0.238 e. The van der Waals surface area contributed by atoms with Crippen molar-refractivity contribution >= 4 is 34.2 Å². The SMILES string of the molecule is Cc1ccc(CCCCN2C(=O)CSC2=S)cc1.c1ccc(CCc2cccnc2)cc1. The average molecular weight is 463 g/mol. The number of aryl methyl sites for hydroxylation is 4. The van der Waals surface area contributed by atoms with Gasteiger partial charge in [0.05, 0.1) is 5.75 Å². The highest BCUT2D eigenvalue weighted by Crippen LogP contribution is 2.20. The molecule has 0 spiro atoms. The molecule has 32 heavy (non-hydrogen) atoms. The van der Waals surface area contributed by atoms with Gasteiger partial charge in [0.2, 0.25) is 5.91 Å². The third-order valence-corrected chi connectivity index (χ3v) is 6.76. The number of thioether (sulfide) groups is 1. The summed E-state index contributed by atoms with van der Waals surface area (Å²) in [4.78, 5) is 17.3. The van der Waals surface area contributed by atoms with Crippen LogP contribution in [0.25, 0.3) is 0 Å².